The quantitative estimate of drug-likeness (QED) is 0.670. The van der Waals surface area contributed by atoms with Crippen molar-refractivity contribution in [1.82, 2.24) is 4.98 Å². The number of hydrogen-bond acceptors (Lipinski definition) is 3. The summed E-state index contributed by atoms with van der Waals surface area (Å²) in [5.41, 5.74) is 1.29. The van der Waals surface area contributed by atoms with Crippen LogP contribution in [-0.2, 0) is 6.42 Å². The molecule has 2 aromatic rings. The number of aromatic hydroxyl groups is 1. The van der Waals surface area contributed by atoms with Crippen molar-refractivity contribution >= 4 is 17.4 Å². The van der Waals surface area contributed by atoms with Gasteiger partial charge in [-0.3, -0.25) is 4.79 Å². The van der Waals surface area contributed by atoms with Gasteiger partial charge < -0.3 is 5.11 Å². The summed E-state index contributed by atoms with van der Waals surface area (Å²) in [5.74, 6) is 0.1000. The Bertz CT molecular complexity index is 555. The number of ketones is 1. The van der Waals surface area contributed by atoms with Crippen molar-refractivity contribution in [2.75, 3.05) is 0 Å². The molecule has 1 aromatic heterocycles. The Balaban J connectivity index is 2.17. The van der Waals surface area contributed by atoms with Gasteiger partial charge in [0.15, 0.2) is 5.78 Å². The molecule has 0 aliphatic heterocycles. The third kappa shape index (κ3) is 3.04. The molecule has 0 unspecified atom stereocenters. The minimum absolute atomic E-state index is 0.0556. The standard InChI is InChI=1S/C13H10ClNO2/c14-13-8-10(4-5-15-13)12(17)7-9-2-1-3-11(16)6-9/h1-6,8,16H,7H2. The molecular weight excluding hydrogens is 238 g/mol. The molecule has 86 valence electrons. The fraction of sp³-hybridized carbons (Fsp3) is 0.0769. The Morgan fingerprint density at radius 2 is 2.12 bits per heavy atom. The van der Waals surface area contributed by atoms with Gasteiger partial charge in [-0.1, -0.05) is 23.7 Å². The monoisotopic (exact) mass is 247 g/mol. The largest absolute Gasteiger partial charge is 0.508 e. The van der Waals surface area contributed by atoms with Gasteiger partial charge in [0, 0.05) is 18.2 Å². The molecule has 0 aliphatic carbocycles. The summed E-state index contributed by atoms with van der Waals surface area (Å²) in [6.07, 6.45) is 1.73. The molecule has 2 rings (SSSR count). The van der Waals surface area contributed by atoms with E-state index >= 15 is 0 Å². The molecule has 3 nitrogen and oxygen atoms in total. The highest BCUT2D eigenvalue weighted by molar-refractivity contribution is 6.29. The lowest BCUT2D eigenvalue weighted by atomic mass is 10.0. The fourth-order valence-corrected chi connectivity index (χ4v) is 1.70. The Hall–Kier alpha value is -1.87. The smallest absolute Gasteiger partial charge is 0.167 e. The predicted octanol–water partition coefficient (Wildman–Crippen LogP) is 2.87. The molecule has 0 fully saturated rings. The van der Waals surface area contributed by atoms with Crippen LogP contribution in [0.5, 0.6) is 5.75 Å². The van der Waals surface area contributed by atoms with Crippen molar-refractivity contribution in [3.05, 3.63) is 58.9 Å². The molecule has 1 N–H and O–H groups in total. The third-order valence-corrected chi connectivity index (χ3v) is 2.53. The van der Waals surface area contributed by atoms with Crippen LogP contribution >= 0.6 is 11.6 Å². The Morgan fingerprint density at radius 1 is 1.29 bits per heavy atom. The molecule has 4 heteroatoms. The van der Waals surface area contributed by atoms with Gasteiger partial charge >= 0.3 is 0 Å². The van der Waals surface area contributed by atoms with Gasteiger partial charge in [-0.15, -0.1) is 0 Å². The Kier molecular flexibility index (Phi) is 3.40. The van der Waals surface area contributed by atoms with Crippen LogP contribution in [-0.4, -0.2) is 15.9 Å². The van der Waals surface area contributed by atoms with Gasteiger partial charge in [-0.25, -0.2) is 4.98 Å². The zero-order chi connectivity index (χ0) is 12.3. The van der Waals surface area contributed by atoms with Crippen molar-refractivity contribution < 1.29 is 9.90 Å². The molecule has 0 spiro atoms. The van der Waals surface area contributed by atoms with Crippen LogP contribution in [0.3, 0.4) is 0 Å². The van der Waals surface area contributed by atoms with Crippen LogP contribution in [0.25, 0.3) is 0 Å². The molecule has 0 radical (unpaired) electrons. The zero-order valence-electron chi connectivity index (χ0n) is 8.93. The van der Waals surface area contributed by atoms with Crippen LogP contribution in [0.1, 0.15) is 15.9 Å². The van der Waals surface area contributed by atoms with E-state index in [0.717, 1.165) is 5.56 Å². The molecule has 0 amide bonds. The average molecular weight is 248 g/mol. The first-order valence-corrected chi connectivity index (χ1v) is 5.45. The number of rotatable bonds is 3. The second-order valence-corrected chi connectivity index (χ2v) is 4.02. The van der Waals surface area contributed by atoms with E-state index in [2.05, 4.69) is 4.98 Å². The highest BCUT2D eigenvalue weighted by Gasteiger charge is 2.08. The minimum atomic E-state index is -0.0556. The van der Waals surface area contributed by atoms with Gasteiger partial charge in [0.05, 0.1) is 0 Å². The van der Waals surface area contributed by atoms with Crippen molar-refractivity contribution in [3.63, 3.8) is 0 Å². The lowest BCUT2D eigenvalue weighted by Crippen LogP contribution is -2.03. The number of phenolic OH excluding ortho intramolecular Hbond substituents is 1. The maximum Gasteiger partial charge on any atom is 0.167 e. The first kappa shape index (κ1) is 11.6. The SMILES string of the molecule is O=C(Cc1cccc(O)c1)c1ccnc(Cl)c1. The lowest BCUT2D eigenvalue weighted by Gasteiger charge is -2.02. The summed E-state index contributed by atoms with van der Waals surface area (Å²) in [4.78, 5) is 15.7. The number of nitrogens with zero attached hydrogens (tertiary/aromatic N) is 1. The minimum Gasteiger partial charge on any atom is -0.508 e. The zero-order valence-corrected chi connectivity index (χ0v) is 9.69. The number of pyridine rings is 1. The number of halogens is 1. The number of hydrogen-bond donors (Lipinski definition) is 1. The van der Waals surface area contributed by atoms with Gasteiger partial charge in [0.1, 0.15) is 10.9 Å². The highest BCUT2D eigenvalue weighted by atomic mass is 35.5. The van der Waals surface area contributed by atoms with Gasteiger partial charge in [0.2, 0.25) is 0 Å². The molecule has 1 aromatic carbocycles. The van der Waals surface area contributed by atoms with Gasteiger partial charge in [-0.05, 0) is 29.8 Å². The number of carbonyl (C=O) groups is 1. The van der Waals surface area contributed by atoms with E-state index in [-0.39, 0.29) is 18.0 Å². The molecule has 0 saturated heterocycles. The summed E-state index contributed by atoms with van der Waals surface area (Å²) in [6, 6.07) is 9.79. The predicted molar refractivity (Wildman–Crippen MR) is 65.4 cm³/mol. The summed E-state index contributed by atoms with van der Waals surface area (Å²) >= 11 is 5.71. The van der Waals surface area contributed by atoms with Crippen LogP contribution in [0.15, 0.2) is 42.6 Å². The molecule has 0 saturated carbocycles. The molecule has 17 heavy (non-hydrogen) atoms. The third-order valence-electron chi connectivity index (χ3n) is 2.32. The lowest BCUT2D eigenvalue weighted by molar-refractivity contribution is 0.0993. The van der Waals surface area contributed by atoms with Crippen LogP contribution in [0.4, 0.5) is 0 Å². The highest BCUT2D eigenvalue weighted by Crippen LogP contribution is 2.14. The number of benzene rings is 1. The van der Waals surface area contributed by atoms with E-state index in [0.29, 0.717) is 10.7 Å². The van der Waals surface area contributed by atoms with Gasteiger partial charge in [0.25, 0.3) is 0 Å². The Labute approximate surface area is 104 Å². The van der Waals surface area contributed by atoms with E-state index in [9.17, 15) is 9.90 Å². The summed E-state index contributed by atoms with van der Waals surface area (Å²) < 4.78 is 0. The van der Waals surface area contributed by atoms with E-state index in [1.54, 1.807) is 30.3 Å². The molecule has 0 aliphatic rings. The normalized spacial score (nSPS) is 10.2. The first-order chi connectivity index (χ1) is 8.15. The van der Waals surface area contributed by atoms with Gasteiger partial charge in [-0.2, -0.15) is 0 Å². The van der Waals surface area contributed by atoms with E-state index in [1.807, 2.05) is 0 Å². The Morgan fingerprint density at radius 3 is 2.82 bits per heavy atom. The molecule has 1 heterocycles. The van der Waals surface area contributed by atoms with Crippen molar-refractivity contribution in [3.8, 4) is 5.75 Å². The maximum atomic E-state index is 11.9. The van der Waals surface area contributed by atoms with E-state index < -0.39 is 0 Å². The fourth-order valence-electron chi connectivity index (χ4n) is 1.53. The number of Topliss-reactive ketones (excluding diaryl/α,β-unsaturated/α-hetero) is 1. The number of aromatic nitrogens is 1. The number of phenols is 1. The van der Waals surface area contributed by atoms with Crippen LogP contribution in [0, 0.1) is 0 Å². The van der Waals surface area contributed by atoms with E-state index in [4.69, 9.17) is 11.6 Å². The molecular formula is C13H10ClNO2. The first-order valence-electron chi connectivity index (χ1n) is 5.08. The summed E-state index contributed by atoms with van der Waals surface area (Å²) in [7, 11) is 0. The molecule has 0 bridgehead atoms. The van der Waals surface area contributed by atoms with Crippen LogP contribution < -0.4 is 0 Å². The summed E-state index contributed by atoms with van der Waals surface area (Å²) in [5, 5.41) is 9.60. The number of carbonyl (C=O) groups excluding carboxylic acids is 1. The molecule has 0 atom stereocenters. The van der Waals surface area contributed by atoms with Crippen molar-refractivity contribution in [2.45, 2.75) is 6.42 Å². The second kappa shape index (κ2) is 4.97. The average Bonchev–Trinajstić information content (AvgIpc) is 2.29. The second-order valence-electron chi connectivity index (χ2n) is 3.64. The summed E-state index contributed by atoms with van der Waals surface area (Å²) in [6.45, 7) is 0. The van der Waals surface area contributed by atoms with Crippen molar-refractivity contribution in [2.24, 2.45) is 0 Å². The maximum absolute atomic E-state index is 11.9. The topological polar surface area (TPSA) is 50.2 Å². The van der Waals surface area contributed by atoms with E-state index in [1.165, 1.54) is 12.3 Å². The van der Waals surface area contributed by atoms with Crippen molar-refractivity contribution in [1.29, 1.82) is 0 Å². The van der Waals surface area contributed by atoms with Crippen LogP contribution in [0.2, 0.25) is 5.15 Å².